The Morgan fingerprint density at radius 1 is 0.636 bits per heavy atom. The van der Waals surface area contributed by atoms with Crippen LogP contribution in [0.15, 0.2) is 69.1 Å². The molecule has 0 saturated carbocycles. The van der Waals surface area contributed by atoms with Crippen LogP contribution in [0, 0.1) is 13.8 Å². The molecule has 55 heavy (non-hydrogen) atoms. The highest BCUT2D eigenvalue weighted by atomic mass is 32.3. The molecule has 8 rings (SSSR count). The van der Waals surface area contributed by atoms with E-state index in [9.17, 15) is 36.2 Å². The molecule has 4 aromatic heterocycles. The average molecular weight is 821 g/mol. The average Bonchev–Trinajstić information content (AvgIpc) is 3.95. The lowest BCUT2D eigenvalue weighted by atomic mass is 10.0. The molecule has 12 nitrogen and oxygen atoms in total. The minimum atomic E-state index is -4.35. The Balaban J connectivity index is 0.954. The molecule has 16 heteroatoms. The smallest absolute Gasteiger partial charge is 0.304 e. The van der Waals surface area contributed by atoms with Crippen LogP contribution in [-0.2, 0) is 46.2 Å². The Morgan fingerprint density at radius 3 is 1.38 bits per heavy atom. The van der Waals surface area contributed by atoms with Crippen LogP contribution in [0.1, 0.15) is 98.8 Å². The van der Waals surface area contributed by atoms with Gasteiger partial charge in [-0.1, -0.05) is 78.9 Å². The lowest BCUT2D eigenvalue weighted by Crippen LogP contribution is -2.07. The summed E-state index contributed by atoms with van der Waals surface area (Å²) in [7, 11) is -8.71. The van der Waals surface area contributed by atoms with Gasteiger partial charge in [0, 0.05) is 44.8 Å². The lowest BCUT2D eigenvalue weighted by molar-refractivity contribution is 0.148. The van der Waals surface area contributed by atoms with Crippen molar-refractivity contribution >= 4 is 42.9 Å². The van der Waals surface area contributed by atoms with Crippen LogP contribution in [0.5, 0.6) is 0 Å². The van der Waals surface area contributed by atoms with E-state index in [4.69, 9.17) is 10.2 Å². The molecular weight excluding hydrogens is 781 g/mol. The first-order chi connectivity index (χ1) is 26.1. The third-order valence-electron chi connectivity index (χ3n) is 10.4. The van der Waals surface area contributed by atoms with Gasteiger partial charge in [0.25, 0.3) is 0 Å². The third kappa shape index (κ3) is 7.49. The molecule has 4 N–H and O–H groups in total. The highest BCUT2D eigenvalue weighted by molar-refractivity contribution is 7.88. The number of nitrogens with zero attached hydrogens (tertiary/aromatic N) is 4. The second-order valence-corrected chi connectivity index (χ2v) is 20.1. The number of benzene rings is 2. The van der Waals surface area contributed by atoms with Crippen molar-refractivity contribution in [3.05, 3.63) is 115 Å². The van der Waals surface area contributed by atoms with Gasteiger partial charge < -0.3 is 10.2 Å². The minimum Gasteiger partial charge on any atom is -0.387 e. The molecule has 0 spiro atoms. The van der Waals surface area contributed by atoms with E-state index < -0.39 is 32.4 Å². The van der Waals surface area contributed by atoms with Gasteiger partial charge in [0.2, 0.25) is 0 Å². The summed E-state index contributed by atoms with van der Waals surface area (Å²) in [6, 6.07) is 19.1. The van der Waals surface area contributed by atoms with Gasteiger partial charge in [-0.15, -0.1) is 22.7 Å². The second-order valence-electron chi connectivity index (χ2n) is 14.5. The van der Waals surface area contributed by atoms with E-state index in [0.717, 1.165) is 83.6 Å². The fourth-order valence-electron chi connectivity index (χ4n) is 7.66. The van der Waals surface area contributed by atoms with Crippen LogP contribution in [0.25, 0.3) is 22.5 Å². The molecule has 6 aromatic rings. The summed E-state index contributed by atoms with van der Waals surface area (Å²) in [6.07, 6.45) is 2.14. The predicted molar refractivity (Wildman–Crippen MR) is 210 cm³/mol. The molecule has 288 valence electrons. The molecule has 2 aliphatic carbocycles. The van der Waals surface area contributed by atoms with Crippen molar-refractivity contribution in [2.24, 2.45) is 0 Å². The fourth-order valence-corrected chi connectivity index (χ4v) is 11.4. The van der Waals surface area contributed by atoms with Gasteiger partial charge >= 0.3 is 20.2 Å². The minimum absolute atomic E-state index is 0.110. The Kier molecular flexibility index (Phi) is 9.99. The van der Waals surface area contributed by atoms with E-state index in [2.05, 4.69) is 0 Å². The summed E-state index contributed by atoms with van der Waals surface area (Å²) in [4.78, 5) is 1.61. The monoisotopic (exact) mass is 820 g/mol. The number of aliphatic hydroxyl groups is 2. The largest absolute Gasteiger partial charge is 0.387 e. The molecule has 2 unspecified atom stereocenters. The number of hydrogen-bond acceptors (Lipinski definition) is 10. The fraction of sp³-hybridized carbons (Fsp3) is 0.333. The van der Waals surface area contributed by atoms with Crippen LogP contribution in [0.2, 0.25) is 0 Å². The van der Waals surface area contributed by atoms with Crippen molar-refractivity contribution in [3.63, 3.8) is 0 Å². The van der Waals surface area contributed by atoms with Crippen molar-refractivity contribution in [1.29, 1.82) is 0 Å². The number of unbranched alkanes of at least 4 members (excludes halogenated alkanes) is 2. The summed E-state index contributed by atoms with van der Waals surface area (Å²) in [5.74, 6) is 0. The van der Waals surface area contributed by atoms with E-state index in [1.165, 1.54) is 12.1 Å². The van der Waals surface area contributed by atoms with E-state index in [0.29, 0.717) is 74.1 Å². The van der Waals surface area contributed by atoms with Crippen molar-refractivity contribution in [1.82, 2.24) is 19.6 Å². The number of aliphatic hydroxyl groups excluding tert-OH is 2. The zero-order valence-electron chi connectivity index (χ0n) is 30.1. The quantitative estimate of drug-likeness (QED) is 0.0643. The molecule has 2 atom stereocenters. The standard InChI is InChI=1S/C39H40N4O8S4/c1-22-8-12-24(13-9-22)20-42-38-26-18-34(54(46,47)48)52-32(26)16-28(38)36(40-42)30(44)6-4-3-5-7-31(45)37-29-17-33-27(19-35(53-33)55(49,50)51)39(29)43(41-37)21-25-14-10-23(2)11-15-25/h8-15,18-19,30-31,44-45H,3-7,16-17,20-21H2,1-2H3,(H,46,47,48)(H,49,50,51). The highest BCUT2D eigenvalue weighted by Gasteiger charge is 2.35. The summed E-state index contributed by atoms with van der Waals surface area (Å²) >= 11 is 2.07. The Bertz CT molecular complexity index is 2460. The first-order valence-electron chi connectivity index (χ1n) is 18.0. The number of thiophene rings is 2. The van der Waals surface area contributed by atoms with Gasteiger partial charge in [0.05, 0.1) is 48.1 Å². The zero-order valence-corrected chi connectivity index (χ0v) is 33.4. The molecule has 0 amide bonds. The van der Waals surface area contributed by atoms with Gasteiger partial charge in [-0.2, -0.15) is 27.0 Å². The van der Waals surface area contributed by atoms with E-state index in [-0.39, 0.29) is 8.42 Å². The first-order valence-corrected chi connectivity index (χ1v) is 22.5. The summed E-state index contributed by atoms with van der Waals surface area (Å²) in [5, 5.41) is 32.6. The molecular formula is C39H40N4O8S4. The maximum atomic E-state index is 11.9. The Labute approximate surface area is 327 Å². The molecule has 0 radical (unpaired) electrons. The number of fused-ring (bicyclic) bond motifs is 6. The molecule has 2 aliphatic rings. The molecule has 4 heterocycles. The van der Waals surface area contributed by atoms with Crippen LogP contribution < -0.4 is 0 Å². The summed E-state index contributed by atoms with van der Waals surface area (Å²) in [5.41, 5.74) is 10.1. The van der Waals surface area contributed by atoms with Crippen LogP contribution >= 0.6 is 22.7 Å². The van der Waals surface area contributed by atoms with Gasteiger partial charge in [-0.25, -0.2) is 0 Å². The van der Waals surface area contributed by atoms with Crippen molar-refractivity contribution in [3.8, 4) is 22.5 Å². The highest BCUT2D eigenvalue weighted by Crippen LogP contribution is 2.47. The number of aryl methyl sites for hydroxylation is 2. The van der Waals surface area contributed by atoms with Crippen molar-refractivity contribution in [2.45, 2.75) is 92.5 Å². The molecule has 0 saturated heterocycles. The number of rotatable bonds is 14. The van der Waals surface area contributed by atoms with Gasteiger partial charge in [-0.05, 0) is 49.9 Å². The van der Waals surface area contributed by atoms with E-state index in [1.807, 2.05) is 71.7 Å². The SMILES string of the molecule is Cc1ccc(Cn2nc(C(O)CCCCCC(O)c3nn(Cc4ccc(C)cc4)c4c3Cc3sc(S(=O)(=O)O)cc3-4)c3c2-c2cc(S(=O)(=O)O)sc2C3)cc1. The van der Waals surface area contributed by atoms with Crippen molar-refractivity contribution < 1.29 is 36.2 Å². The Morgan fingerprint density at radius 2 is 1.02 bits per heavy atom. The van der Waals surface area contributed by atoms with Gasteiger partial charge in [-0.3, -0.25) is 18.5 Å². The normalized spacial score (nSPS) is 14.5. The molecule has 0 aliphatic heterocycles. The topological polar surface area (TPSA) is 185 Å². The number of aromatic nitrogens is 4. The van der Waals surface area contributed by atoms with E-state index >= 15 is 0 Å². The second kappa shape index (κ2) is 14.5. The van der Waals surface area contributed by atoms with Crippen LogP contribution in [-0.4, -0.2) is 55.7 Å². The van der Waals surface area contributed by atoms with Crippen molar-refractivity contribution in [2.75, 3.05) is 0 Å². The van der Waals surface area contributed by atoms with Gasteiger partial charge in [0.1, 0.15) is 8.42 Å². The molecule has 2 aromatic carbocycles. The predicted octanol–water partition coefficient (Wildman–Crippen LogP) is 7.27. The molecule has 0 fully saturated rings. The maximum absolute atomic E-state index is 11.9. The number of hydrogen-bond donors (Lipinski definition) is 4. The maximum Gasteiger partial charge on any atom is 0.304 e. The zero-order chi connectivity index (χ0) is 38.8. The summed E-state index contributed by atoms with van der Waals surface area (Å²) < 4.78 is 70.5. The van der Waals surface area contributed by atoms with Crippen LogP contribution in [0.4, 0.5) is 0 Å². The van der Waals surface area contributed by atoms with Crippen LogP contribution in [0.3, 0.4) is 0 Å². The van der Waals surface area contributed by atoms with Gasteiger partial charge in [0.15, 0.2) is 0 Å². The van der Waals surface area contributed by atoms with E-state index in [1.54, 1.807) is 0 Å². The third-order valence-corrected chi connectivity index (χ3v) is 15.3. The lowest BCUT2D eigenvalue weighted by Gasteiger charge is -2.12. The Hall–Kier alpha value is -4.00. The first kappa shape index (κ1) is 37.9. The molecule has 0 bridgehead atoms. The summed E-state index contributed by atoms with van der Waals surface area (Å²) in [6.45, 7) is 4.89.